The van der Waals surface area contributed by atoms with Gasteiger partial charge in [0.15, 0.2) is 0 Å². The normalized spacial score (nSPS) is 15.7. The number of hydrogen-bond donors (Lipinski definition) is 1. The topological polar surface area (TPSA) is 57.2 Å². The highest BCUT2D eigenvalue weighted by Gasteiger charge is 2.13. The minimum Gasteiger partial charge on any atom is -0.353 e. The van der Waals surface area contributed by atoms with Crippen LogP contribution in [0.25, 0.3) is 22.2 Å². The van der Waals surface area contributed by atoms with Crippen molar-refractivity contribution in [3.8, 4) is 11.1 Å². The highest BCUT2D eigenvalue weighted by Crippen LogP contribution is 2.28. The fraction of sp³-hybridized carbons (Fsp3) is 0.435. The van der Waals surface area contributed by atoms with Gasteiger partial charge in [-0.3, -0.25) is 0 Å². The molecule has 0 saturated carbocycles. The van der Waals surface area contributed by atoms with Gasteiger partial charge in [-0.15, -0.1) is 10.2 Å². The zero-order valence-electron chi connectivity index (χ0n) is 17.6. The summed E-state index contributed by atoms with van der Waals surface area (Å²) < 4.78 is 0. The third-order valence-corrected chi connectivity index (χ3v) is 5.75. The predicted molar refractivity (Wildman–Crippen MR) is 119 cm³/mol. The number of anilines is 1. The summed E-state index contributed by atoms with van der Waals surface area (Å²) in [6.07, 6.45) is 1.08. The van der Waals surface area contributed by atoms with Crippen LogP contribution in [0.4, 0.5) is 5.95 Å². The van der Waals surface area contributed by atoms with Crippen LogP contribution in [0.2, 0.25) is 0 Å². The molecule has 29 heavy (non-hydrogen) atoms. The summed E-state index contributed by atoms with van der Waals surface area (Å²) in [5.41, 5.74) is 6.66. The number of likely N-dealkylation sites (N-methyl/N-ethyl adjacent to an activating group) is 1. The summed E-state index contributed by atoms with van der Waals surface area (Å²) in [6.45, 7) is 10.9. The van der Waals surface area contributed by atoms with Crippen LogP contribution >= 0.6 is 0 Å². The van der Waals surface area contributed by atoms with Crippen LogP contribution in [0.15, 0.2) is 36.4 Å². The van der Waals surface area contributed by atoms with E-state index in [1.807, 2.05) is 6.07 Å². The Balaban J connectivity index is 1.38. The molecule has 1 aromatic heterocycles. The second-order valence-electron chi connectivity index (χ2n) is 8.03. The number of rotatable bonds is 6. The number of piperazine rings is 1. The van der Waals surface area contributed by atoms with E-state index in [9.17, 15) is 0 Å². The van der Waals surface area contributed by atoms with Gasteiger partial charge in [-0.25, -0.2) is 4.98 Å². The Kier molecular flexibility index (Phi) is 6.02. The smallest absolute Gasteiger partial charge is 0.243 e. The number of aromatic nitrogens is 3. The number of nitrogens with zero attached hydrogens (tertiary/aromatic N) is 5. The van der Waals surface area contributed by atoms with Crippen LogP contribution in [-0.4, -0.2) is 71.3 Å². The lowest BCUT2D eigenvalue weighted by atomic mass is 9.95. The molecule has 0 bridgehead atoms. The standard InChI is InChI=1S/C23H30N6/c1-17-6-4-7-18(2)22(17)19-8-9-20-21(16-19)26-27-23(25-20)24-10-5-11-29-14-12-28(3)13-15-29/h4,6-9,16H,5,10-15H2,1-3H3,(H,24,25,27). The third kappa shape index (κ3) is 4.71. The van der Waals surface area contributed by atoms with Gasteiger partial charge in [0, 0.05) is 32.7 Å². The first-order chi connectivity index (χ1) is 14.1. The number of fused-ring (bicyclic) bond motifs is 1. The molecule has 0 unspecified atom stereocenters. The van der Waals surface area contributed by atoms with E-state index in [-0.39, 0.29) is 0 Å². The lowest BCUT2D eigenvalue weighted by Gasteiger charge is -2.32. The molecule has 2 aromatic carbocycles. The van der Waals surface area contributed by atoms with Crippen molar-refractivity contribution in [3.05, 3.63) is 47.5 Å². The maximum Gasteiger partial charge on any atom is 0.243 e. The van der Waals surface area contributed by atoms with Crippen LogP contribution in [-0.2, 0) is 0 Å². The zero-order valence-corrected chi connectivity index (χ0v) is 17.6. The van der Waals surface area contributed by atoms with Gasteiger partial charge in [-0.05, 0) is 68.2 Å². The molecule has 1 aliphatic heterocycles. The molecule has 3 aromatic rings. The van der Waals surface area contributed by atoms with Crippen molar-refractivity contribution in [2.45, 2.75) is 20.3 Å². The molecule has 6 nitrogen and oxygen atoms in total. The molecule has 0 radical (unpaired) electrons. The Hall–Kier alpha value is -2.57. The summed E-state index contributed by atoms with van der Waals surface area (Å²) in [5.74, 6) is 0.607. The minimum absolute atomic E-state index is 0.607. The Bertz CT molecular complexity index is 958. The monoisotopic (exact) mass is 390 g/mol. The SMILES string of the molecule is Cc1cccc(C)c1-c1ccc2nc(NCCCN3CCN(C)CC3)nnc2c1. The van der Waals surface area contributed by atoms with Gasteiger partial charge in [0.1, 0.15) is 5.52 Å². The number of nitrogens with one attached hydrogen (secondary N) is 1. The molecule has 152 valence electrons. The van der Waals surface area contributed by atoms with E-state index < -0.39 is 0 Å². The van der Waals surface area contributed by atoms with Crippen LogP contribution in [0.3, 0.4) is 0 Å². The maximum absolute atomic E-state index is 4.64. The van der Waals surface area contributed by atoms with Gasteiger partial charge < -0.3 is 15.1 Å². The first kappa shape index (κ1) is 19.7. The first-order valence-electron chi connectivity index (χ1n) is 10.5. The Morgan fingerprint density at radius 3 is 2.45 bits per heavy atom. The van der Waals surface area contributed by atoms with Crippen molar-refractivity contribution in [2.24, 2.45) is 0 Å². The first-order valence-corrected chi connectivity index (χ1v) is 10.5. The molecule has 1 saturated heterocycles. The Labute approximate surface area is 173 Å². The predicted octanol–water partition coefficient (Wildman–Crippen LogP) is 3.36. The summed E-state index contributed by atoms with van der Waals surface area (Å²) in [5, 5.41) is 12.0. The van der Waals surface area contributed by atoms with Crippen molar-refractivity contribution < 1.29 is 0 Å². The van der Waals surface area contributed by atoms with Crippen LogP contribution in [0, 0.1) is 13.8 Å². The molecule has 6 heteroatoms. The molecule has 0 spiro atoms. The Morgan fingerprint density at radius 2 is 1.69 bits per heavy atom. The molecule has 1 N–H and O–H groups in total. The molecule has 1 aliphatic rings. The minimum atomic E-state index is 0.607. The van der Waals surface area contributed by atoms with E-state index in [2.05, 4.69) is 81.5 Å². The molecular formula is C23H30N6. The highest BCUT2D eigenvalue weighted by atomic mass is 15.3. The molecule has 0 aliphatic carbocycles. The van der Waals surface area contributed by atoms with E-state index >= 15 is 0 Å². The van der Waals surface area contributed by atoms with Crippen LogP contribution in [0.1, 0.15) is 17.5 Å². The average molecular weight is 391 g/mol. The average Bonchev–Trinajstić information content (AvgIpc) is 2.72. The van der Waals surface area contributed by atoms with Gasteiger partial charge in [-0.1, -0.05) is 24.3 Å². The van der Waals surface area contributed by atoms with E-state index in [0.29, 0.717) is 5.95 Å². The van der Waals surface area contributed by atoms with Gasteiger partial charge >= 0.3 is 0 Å². The number of aryl methyl sites for hydroxylation is 2. The Morgan fingerprint density at radius 1 is 0.931 bits per heavy atom. The van der Waals surface area contributed by atoms with Crippen molar-refractivity contribution in [3.63, 3.8) is 0 Å². The van der Waals surface area contributed by atoms with Gasteiger partial charge in [0.05, 0.1) is 5.52 Å². The molecule has 2 heterocycles. The summed E-state index contributed by atoms with van der Waals surface area (Å²) in [6, 6.07) is 12.6. The van der Waals surface area contributed by atoms with Gasteiger partial charge in [0.2, 0.25) is 5.95 Å². The number of benzene rings is 2. The molecule has 0 atom stereocenters. The van der Waals surface area contributed by atoms with Crippen molar-refractivity contribution in [1.82, 2.24) is 25.0 Å². The zero-order chi connectivity index (χ0) is 20.2. The van der Waals surface area contributed by atoms with Gasteiger partial charge in [-0.2, -0.15) is 0 Å². The maximum atomic E-state index is 4.64. The lowest BCUT2D eigenvalue weighted by molar-refractivity contribution is 0.154. The van der Waals surface area contributed by atoms with Crippen molar-refractivity contribution in [2.75, 3.05) is 51.6 Å². The molecule has 0 amide bonds. The van der Waals surface area contributed by atoms with Crippen LogP contribution < -0.4 is 5.32 Å². The fourth-order valence-electron chi connectivity index (χ4n) is 4.01. The third-order valence-electron chi connectivity index (χ3n) is 5.75. The molecule has 4 rings (SSSR count). The summed E-state index contributed by atoms with van der Waals surface area (Å²) >= 11 is 0. The summed E-state index contributed by atoms with van der Waals surface area (Å²) in [4.78, 5) is 9.55. The van der Waals surface area contributed by atoms with Crippen LogP contribution in [0.5, 0.6) is 0 Å². The van der Waals surface area contributed by atoms with E-state index in [0.717, 1.165) is 62.3 Å². The lowest BCUT2D eigenvalue weighted by Crippen LogP contribution is -2.44. The van der Waals surface area contributed by atoms with E-state index in [1.165, 1.54) is 16.7 Å². The molecule has 1 fully saturated rings. The number of hydrogen-bond acceptors (Lipinski definition) is 6. The largest absolute Gasteiger partial charge is 0.353 e. The summed E-state index contributed by atoms with van der Waals surface area (Å²) in [7, 11) is 2.19. The fourth-order valence-corrected chi connectivity index (χ4v) is 4.01. The van der Waals surface area contributed by atoms with Gasteiger partial charge in [0.25, 0.3) is 0 Å². The molecular weight excluding hydrogens is 360 g/mol. The van der Waals surface area contributed by atoms with E-state index in [4.69, 9.17) is 0 Å². The van der Waals surface area contributed by atoms with Crippen molar-refractivity contribution in [1.29, 1.82) is 0 Å². The highest BCUT2D eigenvalue weighted by molar-refractivity contribution is 5.83. The second-order valence-corrected chi connectivity index (χ2v) is 8.03. The second kappa shape index (κ2) is 8.84. The van der Waals surface area contributed by atoms with Crippen molar-refractivity contribution >= 4 is 17.0 Å². The van der Waals surface area contributed by atoms with E-state index in [1.54, 1.807) is 0 Å². The quantitative estimate of drug-likeness (QED) is 0.652.